The highest BCUT2D eigenvalue weighted by Gasteiger charge is 2.62. The van der Waals surface area contributed by atoms with Gasteiger partial charge in [0.25, 0.3) is 0 Å². The Morgan fingerprint density at radius 1 is 1.07 bits per heavy atom. The quantitative estimate of drug-likeness (QED) is 0.208. The molecule has 0 unspecified atom stereocenters. The Bertz CT molecular complexity index is 990. The first-order chi connectivity index (χ1) is 19.8. The first kappa shape index (κ1) is 30.9. The number of aliphatic hydroxyl groups is 1. The van der Waals surface area contributed by atoms with Crippen molar-refractivity contribution >= 4 is 5.97 Å². The van der Waals surface area contributed by atoms with Gasteiger partial charge in [0.1, 0.15) is 0 Å². The third-order valence-corrected chi connectivity index (χ3v) is 12.7. The van der Waals surface area contributed by atoms with Crippen molar-refractivity contribution in [1.82, 2.24) is 15.6 Å². The summed E-state index contributed by atoms with van der Waals surface area (Å²) in [6.45, 7) is 10.5. The number of rotatable bonds is 12. The summed E-state index contributed by atoms with van der Waals surface area (Å²) in [6, 6.07) is 6.67. The summed E-state index contributed by atoms with van der Waals surface area (Å²) in [4.78, 5) is 16.2. The van der Waals surface area contributed by atoms with Crippen LogP contribution < -0.4 is 10.6 Å². The van der Waals surface area contributed by atoms with Crippen LogP contribution in [0.1, 0.15) is 104 Å². The standard InChI is InChI=1S/C35H57N3O3/c1-24(10-13-32(40)41-4)28-11-12-29-33-30(15-17-35(28,29)3)34(2)16-14-26(21-25(34)22-31(33)39)37-20-8-7-18-36-23-27-9-5-6-19-38-27/h5-6,9,19,24-26,28-31,33,36-37,39H,7-8,10-18,20-23H2,1-4H3/t24-,25+,26+,28-,29+,30+,31-,33+,34+,35-/m1/s1. The van der Waals surface area contributed by atoms with Gasteiger partial charge in [-0.25, -0.2) is 0 Å². The second kappa shape index (κ2) is 13.4. The van der Waals surface area contributed by atoms with E-state index in [0.29, 0.717) is 58.8 Å². The molecule has 0 saturated heterocycles. The number of fused-ring (bicyclic) bond motifs is 5. The summed E-state index contributed by atoms with van der Waals surface area (Å²) < 4.78 is 4.92. The molecule has 4 fully saturated rings. The van der Waals surface area contributed by atoms with Gasteiger partial charge in [-0.1, -0.05) is 26.8 Å². The molecule has 5 rings (SSSR count). The van der Waals surface area contributed by atoms with E-state index in [2.05, 4.69) is 42.5 Å². The number of nitrogens with zero attached hydrogens (tertiary/aromatic N) is 1. The van der Waals surface area contributed by atoms with Crippen molar-refractivity contribution in [3.8, 4) is 0 Å². The Morgan fingerprint density at radius 3 is 2.63 bits per heavy atom. The highest BCUT2D eigenvalue weighted by Crippen LogP contribution is 2.68. The molecule has 0 aromatic carbocycles. The van der Waals surface area contributed by atoms with Gasteiger partial charge in [-0.15, -0.1) is 0 Å². The second-order valence-corrected chi connectivity index (χ2v) is 14.7. The molecule has 6 heteroatoms. The molecular weight excluding hydrogens is 510 g/mol. The lowest BCUT2D eigenvalue weighted by Crippen LogP contribution is -2.59. The molecule has 0 aliphatic heterocycles. The minimum Gasteiger partial charge on any atom is -0.469 e. The van der Waals surface area contributed by atoms with E-state index >= 15 is 0 Å². The second-order valence-electron chi connectivity index (χ2n) is 14.7. The fourth-order valence-corrected chi connectivity index (χ4v) is 10.4. The van der Waals surface area contributed by atoms with E-state index in [4.69, 9.17) is 4.74 Å². The van der Waals surface area contributed by atoms with Crippen LogP contribution in [-0.4, -0.2) is 48.4 Å². The van der Waals surface area contributed by atoms with Gasteiger partial charge < -0.3 is 20.5 Å². The van der Waals surface area contributed by atoms with Crippen molar-refractivity contribution in [3.63, 3.8) is 0 Å². The van der Waals surface area contributed by atoms with E-state index in [9.17, 15) is 9.90 Å². The van der Waals surface area contributed by atoms with E-state index in [0.717, 1.165) is 38.2 Å². The Labute approximate surface area is 249 Å². The number of esters is 1. The van der Waals surface area contributed by atoms with Crippen molar-refractivity contribution in [1.29, 1.82) is 0 Å². The minimum atomic E-state index is -0.157. The number of aromatic nitrogens is 1. The maximum Gasteiger partial charge on any atom is 0.305 e. The number of hydrogen-bond donors (Lipinski definition) is 3. The Balaban J connectivity index is 1.10. The van der Waals surface area contributed by atoms with Gasteiger partial charge in [0.05, 0.1) is 18.9 Å². The normalized spacial score (nSPS) is 38.9. The number of nitrogens with one attached hydrogen (secondary N) is 2. The van der Waals surface area contributed by atoms with Crippen molar-refractivity contribution in [2.75, 3.05) is 20.2 Å². The van der Waals surface area contributed by atoms with E-state index in [1.807, 2.05) is 18.3 Å². The van der Waals surface area contributed by atoms with E-state index in [1.165, 1.54) is 64.9 Å². The van der Waals surface area contributed by atoms with Gasteiger partial charge in [-0.2, -0.15) is 0 Å². The van der Waals surface area contributed by atoms with Crippen LogP contribution in [0, 0.1) is 46.3 Å². The van der Waals surface area contributed by atoms with Gasteiger partial charge >= 0.3 is 5.97 Å². The molecule has 3 N–H and O–H groups in total. The number of unbranched alkanes of at least 4 members (excludes halogenated alkanes) is 1. The van der Waals surface area contributed by atoms with Crippen LogP contribution in [0.15, 0.2) is 24.4 Å². The monoisotopic (exact) mass is 567 g/mol. The zero-order valence-corrected chi connectivity index (χ0v) is 26.2. The molecule has 0 spiro atoms. The number of pyridine rings is 1. The van der Waals surface area contributed by atoms with Crippen LogP contribution in [0.4, 0.5) is 0 Å². The molecular formula is C35H57N3O3. The predicted molar refractivity (Wildman–Crippen MR) is 164 cm³/mol. The number of hydrogen-bond acceptors (Lipinski definition) is 6. The Hall–Kier alpha value is -1.50. The third kappa shape index (κ3) is 6.55. The Kier molecular flexibility index (Phi) is 10.1. The van der Waals surface area contributed by atoms with Gasteiger partial charge in [-0.3, -0.25) is 9.78 Å². The number of methoxy groups -OCH3 is 1. The maximum atomic E-state index is 11.8. The zero-order valence-electron chi connectivity index (χ0n) is 26.2. The molecule has 0 radical (unpaired) electrons. The molecule has 230 valence electrons. The number of carbonyl (C=O) groups excluding carboxylic acids is 1. The van der Waals surface area contributed by atoms with Crippen molar-refractivity contribution < 1.29 is 14.6 Å². The topological polar surface area (TPSA) is 83.5 Å². The predicted octanol–water partition coefficient (Wildman–Crippen LogP) is 6.13. The molecule has 0 amide bonds. The SMILES string of the molecule is COC(=O)CC[C@@H](C)[C@H]1CC[C@H]2[C@@H]3[C@H](O)C[C@@H]4C[C@@H](NCCCCNCc5ccccn5)CC[C@]4(C)[C@H]3CC[C@]12C. The fourth-order valence-electron chi connectivity index (χ4n) is 10.4. The number of carbonyl (C=O) groups is 1. The van der Waals surface area contributed by atoms with Crippen LogP contribution >= 0.6 is 0 Å². The highest BCUT2D eigenvalue weighted by atomic mass is 16.5. The van der Waals surface area contributed by atoms with E-state index in [1.54, 1.807) is 0 Å². The van der Waals surface area contributed by atoms with Crippen molar-refractivity contribution in [2.24, 2.45) is 46.3 Å². The molecule has 1 aromatic rings. The smallest absolute Gasteiger partial charge is 0.305 e. The molecule has 4 aliphatic carbocycles. The van der Waals surface area contributed by atoms with Crippen LogP contribution in [0.3, 0.4) is 0 Å². The molecule has 1 heterocycles. The molecule has 0 bridgehead atoms. The summed E-state index contributed by atoms with van der Waals surface area (Å²) >= 11 is 0. The summed E-state index contributed by atoms with van der Waals surface area (Å²) in [6.07, 6.45) is 15.4. The first-order valence-electron chi connectivity index (χ1n) is 16.8. The fraction of sp³-hybridized carbons (Fsp3) is 0.829. The Morgan fingerprint density at radius 2 is 1.85 bits per heavy atom. The van der Waals surface area contributed by atoms with Crippen molar-refractivity contribution in [2.45, 2.75) is 117 Å². The van der Waals surface area contributed by atoms with Crippen LogP contribution in [0.5, 0.6) is 0 Å². The molecule has 1 aromatic heterocycles. The highest BCUT2D eigenvalue weighted by molar-refractivity contribution is 5.69. The lowest BCUT2D eigenvalue weighted by Gasteiger charge is -2.62. The third-order valence-electron chi connectivity index (χ3n) is 12.7. The minimum absolute atomic E-state index is 0.0827. The molecule has 6 nitrogen and oxygen atoms in total. The van der Waals surface area contributed by atoms with Crippen LogP contribution in [0.25, 0.3) is 0 Å². The largest absolute Gasteiger partial charge is 0.469 e. The van der Waals surface area contributed by atoms with Gasteiger partial charge in [0.15, 0.2) is 0 Å². The van der Waals surface area contributed by atoms with E-state index < -0.39 is 0 Å². The lowest BCUT2D eigenvalue weighted by molar-refractivity contribution is -0.167. The number of ether oxygens (including phenoxy) is 1. The van der Waals surface area contributed by atoms with Gasteiger partial charge in [-0.05, 0) is 142 Å². The van der Waals surface area contributed by atoms with Gasteiger partial charge in [0, 0.05) is 25.2 Å². The summed E-state index contributed by atoms with van der Waals surface area (Å²) in [7, 11) is 1.49. The zero-order chi connectivity index (χ0) is 29.0. The molecule has 4 aliphatic rings. The summed E-state index contributed by atoms with van der Waals surface area (Å²) in [5, 5.41) is 19.1. The van der Waals surface area contributed by atoms with Crippen LogP contribution in [0.2, 0.25) is 0 Å². The van der Waals surface area contributed by atoms with Crippen molar-refractivity contribution in [3.05, 3.63) is 30.1 Å². The van der Waals surface area contributed by atoms with Gasteiger partial charge in [0.2, 0.25) is 0 Å². The first-order valence-corrected chi connectivity index (χ1v) is 16.8. The molecule has 4 saturated carbocycles. The average Bonchev–Trinajstić information content (AvgIpc) is 3.33. The van der Waals surface area contributed by atoms with E-state index in [-0.39, 0.29) is 12.1 Å². The molecule has 10 atom stereocenters. The number of aliphatic hydroxyl groups excluding tert-OH is 1. The maximum absolute atomic E-state index is 11.8. The lowest BCUT2D eigenvalue weighted by atomic mass is 9.43. The average molecular weight is 568 g/mol. The summed E-state index contributed by atoms with van der Waals surface area (Å²) in [5.74, 6) is 3.47. The summed E-state index contributed by atoms with van der Waals surface area (Å²) in [5.41, 5.74) is 1.77. The molecule has 41 heavy (non-hydrogen) atoms. The van der Waals surface area contributed by atoms with Crippen LogP contribution in [-0.2, 0) is 16.1 Å².